The molecule has 2 N–H and O–H groups in total. The van der Waals surface area contributed by atoms with E-state index in [1.807, 2.05) is 48.9 Å². The van der Waals surface area contributed by atoms with E-state index in [4.69, 9.17) is 0 Å². The molecular weight excluding hydrogens is 419 g/mol. The summed E-state index contributed by atoms with van der Waals surface area (Å²) in [6.07, 6.45) is 5.00. The second kappa shape index (κ2) is 9.98. The number of anilines is 2. The second-order valence-electron chi connectivity index (χ2n) is 8.64. The molecule has 172 valence electrons. The Bertz CT molecular complexity index is 1150. The number of aromatic nitrogens is 2. The largest absolute Gasteiger partial charge is 0.326 e. The van der Waals surface area contributed by atoms with Crippen LogP contribution in [-0.2, 0) is 16.0 Å². The molecule has 1 aliphatic rings. The summed E-state index contributed by atoms with van der Waals surface area (Å²) >= 11 is 0. The van der Waals surface area contributed by atoms with Crippen LogP contribution in [0.15, 0.2) is 48.5 Å². The minimum atomic E-state index is -0.520. The zero-order valence-electron chi connectivity index (χ0n) is 19.0. The standard InChI is InChI=1S/C26H29FN4O2/c1-17-22(18(2)31(30-17)21-11-7-4-8-12-21)16-25(32)28-20-13-14-23(27)24(15-20)29-26(33)19-9-5-3-6-10-19/h4,7-8,11-15,19H,3,5-6,9-10,16H2,1-2H3,(H,28,32)(H,29,33). The van der Waals surface area contributed by atoms with Crippen molar-refractivity contribution in [1.82, 2.24) is 9.78 Å². The van der Waals surface area contributed by atoms with Crippen LogP contribution in [0.4, 0.5) is 15.8 Å². The molecule has 0 radical (unpaired) electrons. The van der Waals surface area contributed by atoms with Crippen LogP contribution in [0.1, 0.15) is 49.1 Å². The van der Waals surface area contributed by atoms with Gasteiger partial charge >= 0.3 is 0 Å². The number of halogens is 1. The third-order valence-electron chi connectivity index (χ3n) is 6.26. The molecule has 7 heteroatoms. The lowest BCUT2D eigenvalue weighted by molar-refractivity contribution is -0.120. The molecule has 0 bridgehead atoms. The summed E-state index contributed by atoms with van der Waals surface area (Å²) in [4.78, 5) is 25.3. The Morgan fingerprint density at radius 1 is 1.03 bits per heavy atom. The van der Waals surface area contributed by atoms with Gasteiger partial charge in [-0.25, -0.2) is 9.07 Å². The molecule has 1 saturated carbocycles. The van der Waals surface area contributed by atoms with Crippen molar-refractivity contribution in [3.8, 4) is 5.69 Å². The van der Waals surface area contributed by atoms with Crippen LogP contribution >= 0.6 is 0 Å². The van der Waals surface area contributed by atoms with Gasteiger partial charge in [0.2, 0.25) is 11.8 Å². The number of amides is 2. The first-order chi connectivity index (χ1) is 15.9. The van der Waals surface area contributed by atoms with Crippen molar-refractivity contribution < 1.29 is 14.0 Å². The summed E-state index contributed by atoms with van der Waals surface area (Å²) in [7, 11) is 0. The number of carbonyl (C=O) groups is 2. The maximum atomic E-state index is 14.3. The number of para-hydroxylation sites is 1. The molecule has 0 atom stereocenters. The van der Waals surface area contributed by atoms with E-state index in [-0.39, 0.29) is 29.8 Å². The topological polar surface area (TPSA) is 76.0 Å². The van der Waals surface area contributed by atoms with Gasteiger partial charge in [0.25, 0.3) is 0 Å². The van der Waals surface area contributed by atoms with E-state index in [1.54, 1.807) is 0 Å². The van der Waals surface area contributed by atoms with E-state index in [9.17, 15) is 14.0 Å². The smallest absolute Gasteiger partial charge is 0.228 e. The summed E-state index contributed by atoms with van der Waals surface area (Å²) < 4.78 is 16.1. The van der Waals surface area contributed by atoms with Crippen LogP contribution in [0.25, 0.3) is 5.69 Å². The highest BCUT2D eigenvalue weighted by atomic mass is 19.1. The van der Waals surface area contributed by atoms with E-state index in [0.717, 1.165) is 54.7 Å². The highest BCUT2D eigenvalue weighted by molar-refractivity contribution is 5.95. The normalized spacial score (nSPS) is 14.2. The van der Waals surface area contributed by atoms with Crippen molar-refractivity contribution in [2.45, 2.75) is 52.4 Å². The summed E-state index contributed by atoms with van der Waals surface area (Å²) in [6.45, 7) is 3.82. The predicted octanol–water partition coefficient (Wildman–Crippen LogP) is 5.33. The molecule has 1 heterocycles. The second-order valence-corrected chi connectivity index (χ2v) is 8.64. The van der Waals surface area contributed by atoms with Crippen LogP contribution < -0.4 is 10.6 Å². The molecule has 1 aliphatic carbocycles. The molecule has 0 unspecified atom stereocenters. The van der Waals surface area contributed by atoms with Crippen molar-refractivity contribution in [3.05, 3.63) is 71.3 Å². The van der Waals surface area contributed by atoms with E-state index < -0.39 is 5.82 Å². The van der Waals surface area contributed by atoms with Crippen molar-refractivity contribution in [1.29, 1.82) is 0 Å². The summed E-state index contributed by atoms with van der Waals surface area (Å²) in [5.41, 5.74) is 3.99. The molecule has 1 aromatic heterocycles. The van der Waals surface area contributed by atoms with E-state index >= 15 is 0 Å². The Morgan fingerprint density at radius 3 is 2.48 bits per heavy atom. The molecule has 2 aromatic carbocycles. The first-order valence-electron chi connectivity index (χ1n) is 11.4. The fourth-order valence-corrected chi connectivity index (χ4v) is 4.42. The van der Waals surface area contributed by atoms with Crippen LogP contribution in [0.2, 0.25) is 0 Å². The molecule has 3 aromatic rings. The van der Waals surface area contributed by atoms with E-state index in [1.165, 1.54) is 18.2 Å². The number of hydrogen-bond donors (Lipinski definition) is 2. The Hall–Kier alpha value is -3.48. The lowest BCUT2D eigenvalue weighted by Gasteiger charge is -2.21. The molecule has 4 rings (SSSR count). The van der Waals surface area contributed by atoms with Gasteiger partial charge in [-0.15, -0.1) is 0 Å². The summed E-state index contributed by atoms with van der Waals surface area (Å²) in [6, 6.07) is 14.0. The number of nitrogens with zero attached hydrogens (tertiary/aromatic N) is 2. The van der Waals surface area contributed by atoms with E-state index in [0.29, 0.717) is 5.69 Å². The van der Waals surface area contributed by atoms with Gasteiger partial charge in [-0.3, -0.25) is 9.59 Å². The van der Waals surface area contributed by atoms with Gasteiger partial charge in [-0.1, -0.05) is 37.5 Å². The van der Waals surface area contributed by atoms with Gasteiger partial charge < -0.3 is 10.6 Å². The summed E-state index contributed by atoms with van der Waals surface area (Å²) in [5.74, 6) is -0.988. The average molecular weight is 449 g/mol. The highest BCUT2D eigenvalue weighted by Crippen LogP contribution is 2.27. The number of rotatable bonds is 6. The zero-order valence-corrected chi connectivity index (χ0v) is 19.0. The molecule has 1 fully saturated rings. The van der Waals surface area contributed by atoms with Gasteiger partial charge in [-0.05, 0) is 57.0 Å². The lowest BCUT2D eigenvalue weighted by atomic mass is 9.88. The first-order valence-corrected chi connectivity index (χ1v) is 11.4. The number of hydrogen-bond acceptors (Lipinski definition) is 3. The Kier molecular flexibility index (Phi) is 6.87. The zero-order chi connectivity index (χ0) is 23.4. The monoisotopic (exact) mass is 448 g/mol. The van der Waals surface area contributed by atoms with Gasteiger partial charge in [-0.2, -0.15) is 5.10 Å². The molecule has 33 heavy (non-hydrogen) atoms. The maximum Gasteiger partial charge on any atom is 0.228 e. The van der Waals surface area contributed by atoms with Crippen molar-refractivity contribution in [2.24, 2.45) is 5.92 Å². The maximum absolute atomic E-state index is 14.3. The number of carbonyl (C=O) groups excluding carboxylic acids is 2. The predicted molar refractivity (Wildman–Crippen MR) is 127 cm³/mol. The van der Waals surface area contributed by atoms with Gasteiger partial charge in [0.05, 0.1) is 23.5 Å². The van der Waals surface area contributed by atoms with Gasteiger partial charge in [0.1, 0.15) is 5.82 Å². The molecule has 2 amide bonds. The summed E-state index contributed by atoms with van der Waals surface area (Å²) in [5, 5.41) is 10.1. The number of aryl methyl sites for hydroxylation is 1. The van der Waals surface area contributed by atoms with Crippen molar-refractivity contribution >= 4 is 23.2 Å². The van der Waals surface area contributed by atoms with Gasteiger partial charge in [0.15, 0.2) is 0 Å². The Balaban J connectivity index is 1.44. The molecular formula is C26H29FN4O2. The van der Waals surface area contributed by atoms with Crippen LogP contribution in [-0.4, -0.2) is 21.6 Å². The van der Waals surface area contributed by atoms with E-state index in [2.05, 4.69) is 15.7 Å². The fourth-order valence-electron chi connectivity index (χ4n) is 4.42. The molecule has 0 spiro atoms. The minimum Gasteiger partial charge on any atom is -0.326 e. The Labute approximate surface area is 193 Å². The average Bonchev–Trinajstić information content (AvgIpc) is 3.10. The minimum absolute atomic E-state index is 0.0801. The SMILES string of the molecule is Cc1nn(-c2ccccc2)c(C)c1CC(=O)Nc1ccc(F)c(NC(=O)C2CCCCC2)c1. The lowest BCUT2D eigenvalue weighted by Crippen LogP contribution is -2.25. The van der Waals surface area contributed by atoms with Gasteiger partial charge in [0, 0.05) is 22.9 Å². The molecule has 6 nitrogen and oxygen atoms in total. The van der Waals surface area contributed by atoms with Crippen LogP contribution in [0, 0.1) is 25.6 Å². The van der Waals surface area contributed by atoms with Crippen LogP contribution in [0.5, 0.6) is 0 Å². The molecule has 0 aliphatic heterocycles. The Morgan fingerprint density at radius 2 is 1.76 bits per heavy atom. The molecule has 0 saturated heterocycles. The number of nitrogens with one attached hydrogen (secondary N) is 2. The third-order valence-corrected chi connectivity index (χ3v) is 6.26. The number of benzene rings is 2. The van der Waals surface area contributed by atoms with Crippen molar-refractivity contribution in [2.75, 3.05) is 10.6 Å². The quantitative estimate of drug-likeness (QED) is 0.535. The third kappa shape index (κ3) is 5.30. The fraction of sp³-hybridized carbons (Fsp3) is 0.346. The van der Waals surface area contributed by atoms with Crippen molar-refractivity contribution in [3.63, 3.8) is 0 Å². The highest BCUT2D eigenvalue weighted by Gasteiger charge is 2.22. The van der Waals surface area contributed by atoms with Crippen LogP contribution in [0.3, 0.4) is 0 Å². The first kappa shape index (κ1) is 22.7.